The topological polar surface area (TPSA) is 162 Å². The van der Waals surface area contributed by atoms with E-state index in [-0.39, 0.29) is 32.6 Å². The monoisotopic (exact) mass is 476 g/mol. The number of aliphatic hydroxyl groups is 4. The smallest absolute Gasteiger partial charge is 0.321 e. The minimum Gasteiger partial charge on any atom is -0.481 e. The number of carboxylic acid groups (broad SMARTS) is 2. The van der Waals surface area contributed by atoms with Gasteiger partial charge in [-0.05, 0) is 11.1 Å². The van der Waals surface area contributed by atoms with Crippen molar-refractivity contribution in [1.82, 2.24) is 9.80 Å². The molecule has 0 saturated heterocycles. The molecule has 0 radical (unpaired) electrons. The van der Waals surface area contributed by atoms with Crippen LogP contribution in [-0.4, -0.2) is 90.1 Å². The van der Waals surface area contributed by atoms with Crippen LogP contribution in [0.5, 0.6) is 0 Å². The van der Waals surface area contributed by atoms with E-state index in [4.69, 9.17) is 0 Å². The molecule has 0 bridgehead atoms. The number of aliphatic carboxylic acids is 2. The third-order valence-electron chi connectivity index (χ3n) is 5.49. The molecule has 10 heteroatoms. The number of benzene rings is 2. The first kappa shape index (κ1) is 27.4. The second-order valence-corrected chi connectivity index (χ2v) is 8.06. The molecule has 6 N–H and O–H groups in total. The van der Waals surface area contributed by atoms with Crippen LogP contribution in [0.4, 0.5) is 0 Å². The second-order valence-electron chi connectivity index (χ2n) is 8.06. The number of hydrogen-bond donors (Lipinski definition) is 6. The van der Waals surface area contributed by atoms with Crippen LogP contribution in [0.15, 0.2) is 60.7 Å². The summed E-state index contributed by atoms with van der Waals surface area (Å²) in [7, 11) is 0. The van der Waals surface area contributed by atoms with E-state index in [1.165, 1.54) is 4.90 Å². The molecule has 2 atom stereocenters. The average Bonchev–Trinajstić information content (AvgIpc) is 2.78. The molecule has 0 spiro atoms. The SMILES string of the molecule is O=C(O)CC(C(=O)O)N(CCN(Cc1ccccc1)C(CC(O)O)C(O)O)Cc1ccccc1. The molecule has 2 rings (SSSR count). The molecule has 0 fully saturated rings. The molecule has 0 aromatic heterocycles. The lowest BCUT2D eigenvalue weighted by atomic mass is 10.1. The molecule has 0 aliphatic rings. The number of carbonyl (C=O) groups is 2. The standard InChI is InChI=1S/C24H32N2O8/c27-21(28)13-19(23(31)32)25(15-17-7-3-1-4-8-17)11-12-26(16-18-9-5-2-6-10-18)20(24(33)34)14-22(29)30/h1-10,19-21,23,27-28,31-32H,11-16H2,(H,29,30)(H,33,34). The molecule has 2 aromatic carbocycles. The van der Waals surface area contributed by atoms with Crippen LogP contribution in [0.25, 0.3) is 0 Å². The molecular formula is C24H32N2O8. The fourth-order valence-corrected chi connectivity index (χ4v) is 3.81. The summed E-state index contributed by atoms with van der Waals surface area (Å²) in [6.07, 6.45) is -4.63. The minimum atomic E-state index is -1.89. The van der Waals surface area contributed by atoms with E-state index in [2.05, 4.69) is 0 Å². The number of nitrogens with zero attached hydrogens (tertiary/aromatic N) is 2. The molecular weight excluding hydrogens is 444 g/mol. The number of hydrogen-bond acceptors (Lipinski definition) is 8. The maximum Gasteiger partial charge on any atom is 0.321 e. The van der Waals surface area contributed by atoms with Gasteiger partial charge in [0.2, 0.25) is 0 Å². The summed E-state index contributed by atoms with van der Waals surface area (Å²) in [6, 6.07) is 15.8. The zero-order valence-electron chi connectivity index (χ0n) is 18.7. The largest absolute Gasteiger partial charge is 0.481 e. The summed E-state index contributed by atoms with van der Waals surface area (Å²) in [4.78, 5) is 26.4. The van der Waals surface area contributed by atoms with Crippen LogP contribution in [-0.2, 0) is 22.7 Å². The van der Waals surface area contributed by atoms with Crippen LogP contribution in [0, 0.1) is 0 Å². The van der Waals surface area contributed by atoms with Crippen molar-refractivity contribution in [2.24, 2.45) is 0 Å². The lowest BCUT2D eigenvalue weighted by molar-refractivity contribution is -0.151. The van der Waals surface area contributed by atoms with Gasteiger partial charge in [-0.25, -0.2) is 0 Å². The summed E-state index contributed by atoms with van der Waals surface area (Å²) in [5.41, 5.74) is 1.62. The summed E-state index contributed by atoms with van der Waals surface area (Å²) in [5.74, 6) is -2.53. The average molecular weight is 477 g/mol. The molecule has 0 saturated carbocycles. The lowest BCUT2D eigenvalue weighted by Crippen LogP contribution is -2.50. The first-order chi connectivity index (χ1) is 16.2. The molecule has 2 unspecified atom stereocenters. The van der Waals surface area contributed by atoms with Gasteiger partial charge < -0.3 is 30.6 Å². The Morgan fingerprint density at radius 3 is 1.62 bits per heavy atom. The van der Waals surface area contributed by atoms with Crippen LogP contribution < -0.4 is 0 Å². The molecule has 0 amide bonds. The molecule has 186 valence electrons. The van der Waals surface area contributed by atoms with E-state index in [9.17, 15) is 40.2 Å². The Morgan fingerprint density at radius 1 is 0.735 bits per heavy atom. The van der Waals surface area contributed by atoms with Crippen molar-refractivity contribution in [2.45, 2.75) is 50.6 Å². The predicted molar refractivity (Wildman–Crippen MR) is 122 cm³/mol. The first-order valence-electron chi connectivity index (χ1n) is 10.9. The van der Waals surface area contributed by atoms with E-state index < -0.39 is 43.0 Å². The minimum absolute atomic E-state index is 0.0801. The molecule has 10 nitrogen and oxygen atoms in total. The third-order valence-corrected chi connectivity index (χ3v) is 5.49. The summed E-state index contributed by atoms with van der Waals surface area (Å²) >= 11 is 0. The maximum atomic E-state index is 11.9. The number of aliphatic hydroxyl groups excluding tert-OH is 2. The van der Waals surface area contributed by atoms with Crippen molar-refractivity contribution in [1.29, 1.82) is 0 Å². The maximum absolute atomic E-state index is 11.9. The first-order valence-corrected chi connectivity index (χ1v) is 10.9. The van der Waals surface area contributed by atoms with Gasteiger partial charge in [0.25, 0.3) is 0 Å². The van der Waals surface area contributed by atoms with Gasteiger partial charge in [0, 0.05) is 32.6 Å². The van der Waals surface area contributed by atoms with Crippen molar-refractivity contribution < 1.29 is 40.2 Å². The Bertz CT molecular complexity index is 879. The lowest BCUT2D eigenvalue weighted by Gasteiger charge is -2.36. The van der Waals surface area contributed by atoms with Crippen molar-refractivity contribution in [3.8, 4) is 0 Å². The molecule has 0 aliphatic carbocycles. The van der Waals surface area contributed by atoms with Crippen LogP contribution in [0.2, 0.25) is 0 Å². The highest BCUT2D eigenvalue weighted by atomic mass is 16.5. The molecule has 0 aliphatic heterocycles. The Morgan fingerprint density at radius 2 is 1.21 bits per heavy atom. The molecule has 0 heterocycles. The fraction of sp³-hybridized carbons (Fsp3) is 0.417. The quantitative estimate of drug-likeness (QED) is 0.197. The normalized spacial score (nSPS) is 13.5. The van der Waals surface area contributed by atoms with Crippen molar-refractivity contribution in [2.75, 3.05) is 13.1 Å². The van der Waals surface area contributed by atoms with E-state index in [1.807, 2.05) is 36.4 Å². The Balaban J connectivity index is 2.31. The summed E-state index contributed by atoms with van der Waals surface area (Å²) in [5, 5.41) is 57.8. The van der Waals surface area contributed by atoms with E-state index in [0.29, 0.717) is 0 Å². The highest BCUT2D eigenvalue weighted by Gasteiger charge is 2.31. The van der Waals surface area contributed by atoms with Crippen molar-refractivity contribution in [3.63, 3.8) is 0 Å². The highest BCUT2D eigenvalue weighted by molar-refractivity contribution is 5.80. The molecule has 34 heavy (non-hydrogen) atoms. The van der Waals surface area contributed by atoms with E-state index in [1.54, 1.807) is 29.2 Å². The zero-order valence-corrected chi connectivity index (χ0v) is 18.7. The van der Waals surface area contributed by atoms with E-state index in [0.717, 1.165) is 11.1 Å². The van der Waals surface area contributed by atoms with E-state index >= 15 is 0 Å². The van der Waals surface area contributed by atoms with Gasteiger partial charge in [0.15, 0.2) is 12.6 Å². The van der Waals surface area contributed by atoms with Gasteiger partial charge in [-0.3, -0.25) is 19.4 Å². The van der Waals surface area contributed by atoms with Gasteiger partial charge in [0.1, 0.15) is 6.04 Å². The molecule has 2 aromatic rings. The van der Waals surface area contributed by atoms with Gasteiger partial charge in [-0.15, -0.1) is 0 Å². The summed E-state index contributed by atoms with van der Waals surface area (Å²) in [6.45, 7) is 0.585. The zero-order chi connectivity index (χ0) is 25.1. The van der Waals surface area contributed by atoms with Gasteiger partial charge in [-0.1, -0.05) is 60.7 Å². The second kappa shape index (κ2) is 13.8. The van der Waals surface area contributed by atoms with Gasteiger partial charge >= 0.3 is 11.9 Å². The summed E-state index contributed by atoms with van der Waals surface area (Å²) < 4.78 is 0. The number of carboxylic acids is 2. The van der Waals surface area contributed by atoms with Crippen LogP contribution in [0.1, 0.15) is 24.0 Å². The van der Waals surface area contributed by atoms with Crippen molar-refractivity contribution in [3.05, 3.63) is 71.8 Å². The predicted octanol–water partition coefficient (Wildman–Crippen LogP) is 0.299. The third kappa shape index (κ3) is 9.18. The van der Waals surface area contributed by atoms with Crippen molar-refractivity contribution >= 4 is 11.9 Å². The van der Waals surface area contributed by atoms with Crippen LogP contribution >= 0.6 is 0 Å². The highest BCUT2D eigenvalue weighted by Crippen LogP contribution is 2.17. The Kier molecular flexibility index (Phi) is 11.1. The Hall–Kier alpha value is -2.86. The Labute approximate surface area is 197 Å². The van der Waals surface area contributed by atoms with Gasteiger partial charge in [0.05, 0.1) is 12.5 Å². The van der Waals surface area contributed by atoms with Crippen LogP contribution in [0.3, 0.4) is 0 Å². The van der Waals surface area contributed by atoms with Gasteiger partial charge in [-0.2, -0.15) is 0 Å². The fourth-order valence-electron chi connectivity index (χ4n) is 3.81. The number of rotatable bonds is 15.